The minimum absolute atomic E-state index is 0.0147. The van der Waals surface area contributed by atoms with Crippen molar-refractivity contribution in [2.45, 2.75) is 43.7 Å². The number of hydrogen-bond acceptors (Lipinski definition) is 6. The maximum Gasteiger partial charge on any atom is 0.335 e. The van der Waals surface area contributed by atoms with E-state index in [2.05, 4.69) is 15.5 Å². The van der Waals surface area contributed by atoms with E-state index in [4.69, 9.17) is 4.42 Å². The molecule has 1 aliphatic carbocycles. The van der Waals surface area contributed by atoms with Gasteiger partial charge >= 0.3 is 5.22 Å². The molecule has 1 aliphatic rings. The van der Waals surface area contributed by atoms with Crippen molar-refractivity contribution < 1.29 is 22.0 Å². The molecule has 1 aromatic heterocycles. The molecule has 140 valence electrons. The molecule has 7 nitrogen and oxygen atoms in total. The second-order valence-electron chi connectivity index (χ2n) is 6.80. The Hall–Kier alpha value is -2.29. The van der Waals surface area contributed by atoms with E-state index < -0.39 is 26.9 Å². The van der Waals surface area contributed by atoms with E-state index in [1.165, 1.54) is 24.3 Å². The third kappa shape index (κ3) is 4.27. The van der Waals surface area contributed by atoms with Crippen LogP contribution >= 0.6 is 0 Å². The summed E-state index contributed by atoms with van der Waals surface area (Å²) in [6.07, 6.45) is 1.72. The highest BCUT2D eigenvalue weighted by Crippen LogP contribution is 2.31. The molecule has 1 fully saturated rings. The number of hydrogen-bond donors (Lipinski definition) is 1. The molecule has 1 saturated carbocycles. The first-order chi connectivity index (χ1) is 12.3. The van der Waals surface area contributed by atoms with Gasteiger partial charge in [0, 0.05) is 5.92 Å². The number of amides is 1. The highest BCUT2D eigenvalue weighted by molar-refractivity contribution is 7.90. The zero-order valence-corrected chi connectivity index (χ0v) is 15.3. The van der Waals surface area contributed by atoms with Crippen LogP contribution in [0, 0.1) is 17.7 Å². The van der Waals surface area contributed by atoms with Gasteiger partial charge in [-0.3, -0.25) is 4.79 Å². The number of halogens is 1. The predicted molar refractivity (Wildman–Crippen MR) is 90.0 cm³/mol. The third-order valence-electron chi connectivity index (χ3n) is 4.14. The molecule has 1 amide bonds. The summed E-state index contributed by atoms with van der Waals surface area (Å²) in [4.78, 5) is 12.0. The lowest BCUT2D eigenvalue weighted by atomic mass is 10.0. The van der Waals surface area contributed by atoms with Gasteiger partial charge in [-0.25, -0.2) is 12.8 Å². The Bertz CT molecular complexity index is 889. The van der Waals surface area contributed by atoms with Crippen molar-refractivity contribution in [2.24, 2.45) is 11.8 Å². The quantitative estimate of drug-likeness (QED) is 0.790. The minimum atomic E-state index is -3.87. The first kappa shape index (κ1) is 18.5. The van der Waals surface area contributed by atoms with Crippen LogP contribution in [0.2, 0.25) is 0 Å². The number of benzene rings is 1. The van der Waals surface area contributed by atoms with Crippen molar-refractivity contribution >= 4 is 15.7 Å². The van der Waals surface area contributed by atoms with Crippen molar-refractivity contribution in [3.05, 3.63) is 41.5 Å². The maximum absolute atomic E-state index is 13.0. The fourth-order valence-electron chi connectivity index (χ4n) is 2.46. The molecule has 1 aromatic carbocycles. The summed E-state index contributed by atoms with van der Waals surface area (Å²) in [7, 11) is -3.87. The molecule has 1 N–H and O–H groups in total. The molecule has 9 heteroatoms. The molecular weight excluding hydrogens is 361 g/mol. The molecule has 26 heavy (non-hydrogen) atoms. The van der Waals surface area contributed by atoms with Gasteiger partial charge in [-0.05, 0) is 36.5 Å². The van der Waals surface area contributed by atoms with Crippen LogP contribution in [-0.4, -0.2) is 24.5 Å². The van der Waals surface area contributed by atoms with E-state index in [9.17, 15) is 17.6 Å². The summed E-state index contributed by atoms with van der Waals surface area (Å²) in [6.45, 7) is 3.74. The van der Waals surface area contributed by atoms with Crippen LogP contribution in [0.25, 0.3) is 0 Å². The number of carbonyl (C=O) groups is 1. The molecule has 0 saturated heterocycles. The number of nitrogens with zero attached hydrogens (tertiary/aromatic N) is 2. The SMILES string of the molecule is CC(C)[C@H](NC(=O)C1CC1)c1nnc(S(=O)(=O)Cc2ccc(F)cc2)o1. The van der Waals surface area contributed by atoms with E-state index in [0.717, 1.165) is 12.8 Å². The van der Waals surface area contributed by atoms with Gasteiger partial charge in [0.15, 0.2) is 0 Å². The average molecular weight is 381 g/mol. The fraction of sp³-hybridized carbons (Fsp3) is 0.471. The number of rotatable bonds is 7. The van der Waals surface area contributed by atoms with Crippen molar-refractivity contribution in [2.75, 3.05) is 0 Å². The Morgan fingerprint density at radius 2 is 1.92 bits per heavy atom. The van der Waals surface area contributed by atoms with Gasteiger partial charge in [-0.15, -0.1) is 5.10 Å². The number of sulfone groups is 1. The maximum atomic E-state index is 13.0. The molecular formula is C17H20FN3O4S. The molecule has 2 aromatic rings. The molecule has 1 heterocycles. The van der Waals surface area contributed by atoms with E-state index >= 15 is 0 Å². The van der Waals surface area contributed by atoms with E-state index in [-0.39, 0.29) is 29.4 Å². The lowest BCUT2D eigenvalue weighted by Crippen LogP contribution is -2.33. The van der Waals surface area contributed by atoms with Crippen LogP contribution < -0.4 is 5.32 Å². The van der Waals surface area contributed by atoms with E-state index in [1.54, 1.807) is 0 Å². The second-order valence-corrected chi connectivity index (χ2v) is 8.66. The molecule has 0 unspecified atom stereocenters. The molecule has 0 aliphatic heterocycles. The van der Waals surface area contributed by atoms with Crippen molar-refractivity contribution in [1.82, 2.24) is 15.5 Å². The van der Waals surface area contributed by atoms with Crippen LogP contribution in [0.15, 0.2) is 33.9 Å². The van der Waals surface area contributed by atoms with Crippen molar-refractivity contribution in [1.29, 1.82) is 0 Å². The van der Waals surface area contributed by atoms with Crippen LogP contribution in [0.4, 0.5) is 4.39 Å². The Morgan fingerprint density at radius 3 is 2.50 bits per heavy atom. The summed E-state index contributed by atoms with van der Waals surface area (Å²) < 4.78 is 43.2. The smallest absolute Gasteiger partial charge is 0.335 e. The Balaban J connectivity index is 1.77. The lowest BCUT2D eigenvalue weighted by Gasteiger charge is -2.18. The highest BCUT2D eigenvalue weighted by Gasteiger charge is 2.34. The van der Waals surface area contributed by atoms with Crippen molar-refractivity contribution in [3.63, 3.8) is 0 Å². The molecule has 0 radical (unpaired) electrons. The van der Waals surface area contributed by atoms with Gasteiger partial charge < -0.3 is 9.73 Å². The van der Waals surface area contributed by atoms with E-state index in [1.807, 2.05) is 13.8 Å². The molecule has 1 atom stereocenters. The van der Waals surface area contributed by atoms with Gasteiger partial charge in [0.2, 0.25) is 21.6 Å². The Labute approximate surface area is 150 Å². The number of nitrogens with one attached hydrogen (secondary N) is 1. The first-order valence-electron chi connectivity index (χ1n) is 8.37. The first-order valence-corrected chi connectivity index (χ1v) is 10.0. The van der Waals surface area contributed by atoms with Crippen LogP contribution in [0.5, 0.6) is 0 Å². The normalized spacial score (nSPS) is 15.8. The van der Waals surface area contributed by atoms with Crippen LogP contribution in [0.3, 0.4) is 0 Å². The summed E-state index contributed by atoms with van der Waals surface area (Å²) in [5, 5.41) is 9.80. The largest absolute Gasteiger partial charge is 0.410 e. The van der Waals surface area contributed by atoms with Gasteiger partial charge in [0.05, 0.1) is 5.75 Å². The third-order valence-corrected chi connectivity index (χ3v) is 5.55. The van der Waals surface area contributed by atoms with Gasteiger partial charge in [0.25, 0.3) is 0 Å². The summed E-state index contributed by atoms with van der Waals surface area (Å²) in [5.74, 6) is -0.885. The van der Waals surface area contributed by atoms with Gasteiger partial charge in [-0.1, -0.05) is 31.1 Å². The van der Waals surface area contributed by atoms with Gasteiger partial charge in [0.1, 0.15) is 11.9 Å². The summed E-state index contributed by atoms with van der Waals surface area (Å²) in [6, 6.07) is 4.59. The zero-order chi connectivity index (χ0) is 18.9. The summed E-state index contributed by atoms with van der Waals surface area (Å²) >= 11 is 0. The lowest BCUT2D eigenvalue weighted by molar-refractivity contribution is -0.123. The zero-order valence-electron chi connectivity index (χ0n) is 14.5. The molecule has 3 rings (SSSR count). The van der Waals surface area contributed by atoms with Crippen molar-refractivity contribution in [3.8, 4) is 0 Å². The number of carbonyl (C=O) groups excluding carboxylic acids is 1. The average Bonchev–Trinajstić information content (AvgIpc) is 3.31. The predicted octanol–water partition coefficient (Wildman–Crippen LogP) is 2.41. The summed E-state index contributed by atoms with van der Waals surface area (Å²) in [5.41, 5.74) is 0.411. The highest BCUT2D eigenvalue weighted by atomic mass is 32.2. The Morgan fingerprint density at radius 1 is 1.27 bits per heavy atom. The Kier molecular flexibility index (Phi) is 5.08. The minimum Gasteiger partial charge on any atom is -0.410 e. The van der Waals surface area contributed by atoms with Crippen LogP contribution in [-0.2, 0) is 20.4 Å². The second kappa shape index (κ2) is 7.14. The molecule has 0 bridgehead atoms. The standard InChI is InChI=1S/C17H20FN3O4S/c1-10(2)14(19-15(22)12-5-6-12)16-20-21-17(25-16)26(23,24)9-11-3-7-13(18)8-4-11/h3-4,7-8,10,12,14H,5-6,9H2,1-2H3,(H,19,22)/t14-/m0/s1. The molecule has 0 spiro atoms. The monoisotopic (exact) mass is 381 g/mol. The fourth-order valence-corrected chi connectivity index (χ4v) is 3.60. The topological polar surface area (TPSA) is 102 Å². The van der Waals surface area contributed by atoms with E-state index in [0.29, 0.717) is 5.56 Å². The number of aromatic nitrogens is 2. The van der Waals surface area contributed by atoms with Gasteiger partial charge in [-0.2, -0.15) is 0 Å². The van der Waals surface area contributed by atoms with Crippen LogP contribution in [0.1, 0.15) is 44.2 Å².